The topological polar surface area (TPSA) is 204 Å². The molecule has 288 valence electrons. The molecule has 2 aromatic carbocycles. The number of fused-ring (bicyclic) bond motifs is 2. The first-order chi connectivity index (χ1) is 25.8. The van der Waals surface area contributed by atoms with Crippen LogP contribution in [0.3, 0.4) is 0 Å². The zero-order chi connectivity index (χ0) is 40.5. The zero-order valence-electron chi connectivity index (χ0n) is 30.8. The lowest BCUT2D eigenvalue weighted by Gasteiger charge is -2.19. The quantitative estimate of drug-likeness (QED) is 0.0661. The first-order valence-corrected chi connectivity index (χ1v) is 18.1. The van der Waals surface area contributed by atoms with Crippen molar-refractivity contribution in [3.8, 4) is 22.5 Å². The summed E-state index contributed by atoms with van der Waals surface area (Å²) in [6, 6.07) is 22.1. The van der Waals surface area contributed by atoms with Gasteiger partial charge in [0.2, 0.25) is 0 Å². The first-order valence-electron chi connectivity index (χ1n) is 16.5. The van der Waals surface area contributed by atoms with Crippen LogP contribution in [-0.4, -0.2) is 59.1 Å². The van der Waals surface area contributed by atoms with Crippen molar-refractivity contribution < 1.29 is 33.8 Å². The number of aromatic carboxylic acids is 1. The van der Waals surface area contributed by atoms with Crippen molar-refractivity contribution in [1.29, 1.82) is 0 Å². The maximum atomic E-state index is 12.5. The van der Waals surface area contributed by atoms with Gasteiger partial charge in [0.25, 0.3) is 5.91 Å². The van der Waals surface area contributed by atoms with E-state index in [0.29, 0.717) is 16.9 Å². The molecule has 0 spiro atoms. The molecule has 3 amide bonds. The highest BCUT2D eigenvalue weighted by atomic mass is 79.9. The molecule has 4 heterocycles. The van der Waals surface area contributed by atoms with Crippen molar-refractivity contribution in [2.45, 2.75) is 52.7 Å². The van der Waals surface area contributed by atoms with E-state index in [9.17, 15) is 19.2 Å². The molecule has 6 aromatic rings. The van der Waals surface area contributed by atoms with E-state index in [1.165, 1.54) is 0 Å². The maximum absolute atomic E-state index is 12.5. The second-order valence-corrected chi connectivity index (χ2v) is 15.4. The van der Waals surface area contributed by atoms with Gasteiger partial charge in [0, 0.05) is 44.9 Å². The molecule has 0 saturated heterocycles. The molecule has 4 aromatic heterocycles. The molecule has 0 saturated carbocycles. The number of carbonyl (C=O) groups is 4. The zero-order valence-corrected chi connectivity index (χ0v) is 33.9. The van der Waals surface area contributed by atoms with Gasteiger partial charge in [0.1, 0.15) is 22.4 Å². The number of benzene rings is 2. The number of carboxylic acid groups (broad SMARTS) is 1. The summed E-state index contributed by atoms with van der Waals surface area (Å²) in [5, 5.41) is 9.14. The molecule has 0 atom stereocenters. The summed E-state index contributed by atoms with van der Waals surface area (Å²) >= 11 is 6.79. The summed E-state index contributed by atoms with van der Waals surface area (Å²) in [6.45, 7) is 10.5. The number of hydrogen-bond acceptors (Lipinski definition) is 9. The number of ether oxygens (including phenoxy) is 2. The Morgan fingerprint density at radius 1 is 0.655 bits per heavy atom. The number of nitrogens with two attached hydrogens (primary N) is 1. The Balaban J connectivity index is 0.000000208. The third kappa shape index (κ3) is 12.4. The van der Waals surface area contributed by atoms with Crippen molar-refractivity contribution in [2.75, 3.05) is 0 Å². The van der Waals surface area contributed by atoms with Crippen LogP contribution in [0.2, 0.25) is 0 Å². The van der Waals surface area contributed by atoms with Gasteiger partial charge in [-0.3, -0.25) is 15.6 Å². The third-order valence-corrected chi connectivity index (χ3v) is 7.97. The Kier molecular flexibility index (Phi) is 13.8. The lowest BCUT2D eigenvalue weighted by atomic mass is 10.2. The van der Waals surface area contributed by atoms with Crippen LogP contribution in [0, 0.1) is 0 Å². The van der Waals surface area contributed by atoms with E-state index in [1.54, 1.807) is 80.8 Å². The molecule has 0 unspecified atom stereocenters. The average Bonchev–Trinajstić information content (AvgIpc) is 3.75. The van der Waals surface area contributed by atoms with Gasteiger partial charge in [-0.15, -0.1) is 0 Å². The standard InChI is InChI=1S/C19H19BrN4O3.C14H9BrN2O2.C5H12N2O2/c1-19(2,3)27-18(26)23-22-17(25)14-5-4-10-24-11-15(21-16(14)24)12-6-8-13(20)9-7-12;15-10-5-3-9(4-6-10)12-8-17-7-1-2-11(14(18)19)13(17)16-12;1-5(2,3)9-4(8)7-6/h4-11H,1-3H3,(H,22,25)(H,23,26);1-8H,(H,18,19);6H2,1-3H3,(H,7,8). The summed E-state index contributed by atoms with van der Waals surface area (Å²) in [6.07, 6.45) is 5.92. The molecule has 0 aliphatic heterocycles. The van der Waals surface area contributed by atoms with E-state index in [4.69, 9.17) is 20.4 Å². The summed E-state index contributed by atoms with van der Waals surface area (Å²) in [4.78, 5) is 54.7. The number of pyridine rings is 2. The van der Waals surface area contributed by atoms with Crippen molar-refractivity contribution in [1.82, 2.24) is 35.0 Å². The molecule has 0 radical (unpaired) electrons. The summed E-state index contributed by atoms with van der Waals surface area (Å²) in [7, 11) is 0. The predicted octanol–water partition coefficient (Wildman–Crippen LogP) is 7.78. The largest absolute Gasteiger partial charge is 0.478 e. The molecular weight excluding hydrogens is 840 g/mol. The van der Waals surface area contributed by atoms with Crippen LogP contribution in [0.4, 0.5) is 9.59 Å². The number of imidazole rings is 2. The fraction of sp³-hybridized carbons (Fsp3) is 0.211. The van der Waals surface area contributed by atoms with Crippen molar-refractivity contribution in [3.05, 3.63) is 118 Å². The van der Waals surface area contributed by atoms with Crippen LogP contribution in [0.1, 0.15) is 62.3 Å². The van der Waals surface area contributed by atoms with Gasteiger partial charge in [-0.2, -0.15) is 0 Å². The third-order valence-electron chi connectivity index (χ3n) is 6.91. The van der Waals surface area contributed by atoms with E-state index in [1.807, 2.05) is 72.5 Å². The van der Waals surface area contributed by atoms with E-state index in [-0.39, 0.29) is 5.56 Å². The summed E-state index contributed by atoms with van der Waals surface area (Å²) in [5.41, 5.74) is 10.2. The van der Waals surface area contributed by atoms with Crippen LogP contribution in [-0.2, 0) is 9.47 Å². The Labute approximate surface area is 333 Å². The monoisotopic (exact) mass is 878 g/mol. The Morgan fingerprint density at radius 3 is 1.47 bits per heavy atom. The lowest BCUT2D eigenvalue weighted by Crippen LogP contribution is -2.44. The molecule has 6 rings (SSSR count). The van der Waals surface area contributed by atoms with Gasteiger partial charge in [0.15, 0.2) is 5.65 Å². The minimum Gasteiger partial charge on any atom is -0.478 e. The van der Waals surface area contributed by atoms with Gasteiger partial charge in [-0.25, -0.2) is 35.6 Å². The number of carbonyl (C=O) groups excluding carboxylic acids is 3. The number of hydrazine groups is 2. The van der Waals surface area contributed by atoms with Crippen LogP contribution < -0.4 is 22.1 Å². The van der Waals surface area contributed by atoms with E-state index >= 15 is 0 Å². The van der Waals surface area contributed by atoms with Crippen LogP contribution >= 0.6 is 31.9 Å². The minimum absolute atomic E-state index is 0.200. The van der Waals surface area contributed by atoms with E-state index < -0.39 is 35.3 Å². The number of halogens is 2. The normalized spacial score (nSPS) is 11.0. The van der Waals surface area contributed by atoms with Crippen LogP contribution in [0.15, 0.2) is 107 Å². The van der Waals surface area contributed by atoms with Gasteiger partial charge in [0.05, 0.1) is 17.0 Å². The Hall–Kier alpha value is -5.78. The molecule has 0 aliphatic carbocycles. The predicted molar refractivity (Wildman–Crippen MR) is 214 cm³/mol. The summed E-state index contributed by atoms with van der Waals surface area (Å²) in [5.74, 6) is 3.29. The number of amides is 3. The van der Waals surface area contributed by atoms with Gasteiger partial charge in [-0.1, -0.05) is 56.1 Å². The summed E-state index contributed by atoms with van der Waals surface area (Å²) < 4.78 is 15.3. The fourth-order valence-corrected chi connectivity index (χ4v) is 5.20. The number of carboxylic acids is 1. The number of rotatable bonds is 4. The number of aromatic nitrogens is 4. The SMILES string of the molecule is CC(C)(C)OC(=O)NN.CC(C)(C)OC(=O)NNC(=O)c1cccn2cc(-c3ccc(Br)cc3)nc12.O=C(O)c1cccn2cc(-c3ccc(Br)cc3)nc12. The van der Waals surface area contributed by atoms with Crippen molar-refractivity contribution in [3.63, 3.8) is 0 Å². The highest BCUT2D eigenvalue weighted by Crippen LogP contribution is 2.24. The van der Waals surface area contributed by atoms with Crippen LogP contribution in [0.5, 0.6) is 0 Å². The first kappa shape index (κ1) is 42.0. The average molecular weight is 881 g/mol. The molecule has 15 nitrogen and oxygen atoms in total. The van der Waals surface area contributed by atoms with Crippen molar-refractivity contribution >= 4 is 67.2 Å². The van der Waals surface area contributed by atoms with Gasteiger partial charge >= 0.3 is 18.2 Å². The maximum Gasteiger partial charge on any atom is 0.426 e. The highest BCUT2D eigenvalue weighted by molar-refractivity contribution is 9.10. The van der Waals surface area contributed by atoms with E-state index in [0.717, 1.165) is 31.5 Å². The van der Waals surface area contributed by atoms with Gasteiger partial charge in [-0.05, 0) is 90.1 Å². The van der Waals surface area contributed by atoms with E-state index in [2.05, 4.69) is 52.7 Å². The molecular formula is C38H40Br2N8O7. The molecule has 17 heteroatoms. The Bertz CT molecular complexity index is 2290. The minimum atomic E-state index is -0.974. The van der Waals surface area contributed by atoms with Crippen LogP contribution in [0.25, 0.3) is 33.8 Å². The molecule has 0 bridgehead atoms. The molecule has 55 heavy (non-hydrogen) atoms. The lowest BCUT2D eigenvalue weighted by molar-refractivity contribution is 0.0481. The van der Waals surface area contributed by atoms with Crippen molar-refractivity contribution in [2.24, 2.45) is 5.84 Å². The fourth-order valence-electron chi connectivity index (χ4n) is 4.68. The second kappa shape index (κ2) is 18.0. The Morgan fingerprint density at radius 2 is 1.07 bits per heavy atom. The molecule has 6 N–H and O–H groups in total. The molecule has 0 aliphatic rings. The highest BCUT2D eigenvalue weighted by Gasteiger charge is 2.19. The number of nitrogens with one attached hydrogen (secondary N) is 3. The molecule has 0 fully saturated rings. The smallest absolute Gasteiger partial charge is 0.426 e. The number of hydrogen-bond donors (Lipinski definition) is 5. The van der Waals surface area contributed by atoms with Gasteiger partial charge < -0.3 is 23.4 Å². The number of nitrogens with zero attached hydrogens (tertiary/aromatic N) is 4. The second-order valence-electron chi connectivity index (χ2n) is 13.6.